The molecule has 0 heterocycles. The summed E-state index contributed by atoms with van der Waals surface area (Å²) in [7, 11) is 8.08. The quantitative estimate of drug-likeness (QED) is 0.496. The highest BCUT2D eigenvalue weighted by molar-refractivity contribution is 8.05. The predicted octanol–water partition coefficient (Wildman–Crippen LogP) is 1.33. The third kappa shape index (κ3) is 93.4. The third-order valence-electron chi connectivity index (χ3n) is 0. The van der Waals surface area contributed by atoms with Crippen LogP contribution < -0.4 is 5.32 Å². The van der Waals surface area contributed by atoms with Crippen molar-refractivity contribution in [1.82, 2.24) is 5.32 Å². The minimum atomic E-state index is 0. The Kier molecular flexibility index (Phi) is 104. The lowest BCUT2D eigenvalue weighted by Gasteiger charge is -1.59. The number of nitrogens with one attached hydrogen (secondary N) is 1. The first-order chi connectivity index (χ1) is 2.41. The molecular weight excluding hydrogens is 141 g/mol. The maximum absolute atomic E-state index is 4.33. The Bertz CT molecular complexity index is 11.5. The minimum Gasteiger partial charge on any atom is -0.323 e. The molecule has 1 N–H and O–H groups in total. The Morgan fingerprint density at radius 1 is 1.33 bits per heavy atom. The lowest BCUT2D eigenvalue weighted by Crippen LogP contribution is -1.89. The molecule has 0 unspecified atom stereocenters. The van der Waals surface area contributed by atoms with Gasteiger partial charge in [-0.05, 0) is 24.8 Å². The highest BCUT2D eigenvalue weighted by Crippen LogP contribution is 1.67. The summed E-state index contributed by atoms with van der Waals surface area (Å²) >= 11 is 3.00. The van der Waals surface area contributed by atoms with Crippen molar-refractivity contribution < 1.29 is 0 Å². The van der Waals surface area contributed by atoms with Crippen molar-refractivity contribution in [1.29, 1.82) is 0 Å². The highest BCUT2D eigenvalue weighted by atomic mass is 35.7. The zero-order chi connectivity index (χ0) is 4.71. The Morgan fingerprint density at radius 3 is 1.33 bits per heavy atom. The van der Waals surface area contributed by atoms with Crippen LogP contribution in [0.1, 0.15) is 0 Å². The zero-order valence-electron chi connectivity index (χ0n) is 3.73. The molecule has 0 saturated heterocycles. The number of hydrogen-bond acceptors (Lipinski definition) is 2. The van der Waals surface area contributed by atoms with Crippen LogP contribution in [0, 0.1) is 0 Å². The Morgan fingerprint density at radius 2 is 1.33 bits per heavy atom. The molecule has 0 radical (unpaired) electrons. The lowest BCUT2D eigenvalue weighted by atomic mass is 11.3. The molecule has 0 spiro atoms. The largest absolute Gasteiger partial charge is 0.323 e. The van der Waals surface area contributed by atoms with Gasteiger partial charge in [-0.1, -0.05) is 11.8 Å². The molecule has 0 aliphatic heterocycles. The van der Waals surface area contributed by atoms with E-state index in [0.29, 0.717) is 0 Å². The van der Waals surface area contributed by atoms with Gasteiger partial charge < -0.3 is 5.32 Å². The van der Waals surface area contributed by atoms with Crippen LogP contribution in [-0.2, 0) is 0 Å². The number of thiol groups is 1. The van der Waals surface area contributed by atoms with Gasteiger partial charge in [-0.3, -0.25) is 0 Å². The Hall–Kier alpha value is 0.890. The molecule has 0 amide bonds. The van der Waals surface area contributed by atoms with Crippen LogP contribution >= 0.6 is 34.9 Å². The van der Waals surface area contributed by atoms with Crippen molar-refractivity contribution in [2.45, 2.75) is 0 Å². The van der Waals surface area contributed by atoms with Gasteiger partial charge in [0.05, 0.1) is 0 Å². The minimum absolute atomic E-state index is 0. The fourth-order valence-electron chi connectivity index (χ4n) is 0. The third-order valence-corrected chi connectivity index (χ3v) is 0. The first-order valence-electron chi connectivity index (χ1n) is 1.17. The molecule has 0 atom stereocenters. The van der Waals surface area contributed by atoms with Crippen molar-refractivity contribution in [3.8, 4) is 0 Å². The molecule has 0 aromatic heterocycles. The molecule has 1 nitrogen and oxygen atoms in total. The molecule has 0 bridgehead atoms. The van der Waals surface area contributed by atoms with Gasteiger partial charge in [0.25, 0.3) is 0 Å². The lowest BCUT2D eigenvalue weighted by molar-refractivity contribution is 1.02. The van der Waals surface area contributed by atoms with Crippen LogP contribution in [0.5, 0.6) is 0 Å². The summed E-state index contributed by atoms with van der Waals surface area (Å²) < 4.78 is 0. The summed E-state index contributed by atoms with van der Waals surface area (Å²) in [6.45, 7) is 0. The molecule has 6 heavy (non-hydrogen) atoms. The van der Waals surface area contributed by atoms with Crippen molar-refractivity contribution >= 4 is 34.9 Å². The van der Waals surface area contributed by atoms with Crippen molar-refractivity contribution in [2.75, 3.05) is 14.1 Å². The van der Waals surface area contributed by atoms with E-state index in [9.17, 15) is 0 Å². The first-order valence-corrected chi connectivity index (χ1v) is 2.52. The summed E-state index contributed by atoms with van der Waals surface area (Å²) in [6, 6.07) is 0. The number of halogens is 2. The second-order valence-electron chi connectivity index (χ2n) is 0.500. The van der Waals surface area contributed by atoms with Crippen molar-refractivity contribution in [2.24, 2.45) is 0 Å². The molecule has 0 saturated carbocycles. The fraction of sp³-hybridized carbons (Fsp3) is 1.00. The second-order valence-corrected chi connectivity index (χ2v) is 0.500. The van der Waals surface area contributed by atoms with Crippen LogP contribution in [-0.4, -0.2) is 14.1 Å². The van der Waals surface area contributed by atoms with Crippen LogP contribution in [0.3, 0.4) is 0 Å². The Labute approximate surface area is 54.8 Å². The van der Waals surface area contributed by atoms with E-state index in [2.05, 4.69) is 27.8 Å². The predicted molar refractivity (Wildman–Crippen MR) is 37.1 cm³/mol. The molecule has 4 heteroatoms. The number of rotatable bonds is 0. The van der Waals surface area contributed by atoms with E-state index in [1.54, 1.807) is 0 Å². The summed E-state index contributed by atoms with van der Waals surface area (Å²) in [5.74, 6) is 0. The maximum Gasteiger partial charge on any atom is -0.0167 e. The molecule has 0 aliphatic rings. The molecule has 0 aliphatic carbocycles. The topological polar surface area (TPSA) is 12.0 Å². The van der Waals surface area contributed by atoms with Crippen LogP contribution in [0.2, 0.25) is 0 Å². The summed E-state index contributed by atoms with van der Waals surface area (Å²) in [5, 5.41) is 2.75. The fourth-order valence-corrected chi connectivity index (χ4v) is 0. The second kappa shape index (κ2) is 39.4. The van der Waals surface area contributed by atoms with E-state index in [1.807, 2.05) is 14.1 Å². The standard InChI is InChI=1S/C2H7N.ClHS.ClH/c1-3-2;1-2;/h3H,1-2H3;2H;1H. The van der Waals surface area contributed by atoms with Crippen molar-refractivity contribution in [3.63, 3.8) is 0 Å². The average Bonchev–Trinajstić information content (AvgIpc) is 1.46. The summed E-state index contributed by atoms with van der Waals surface area (Å²) in [6.07, 6.45) is 0. The zero-order valence-corrected chi connectivity index (χ0v) is 6.20. The molecule has 0 fully saturated rings. The van der Waals surface area contributed by atoms with Gasteiger partial charge in [-0.2, -0.15) is 0 Å². The summed E-state index contributed by atoms with van der Waals surface area (Å²) in [5.41, 5.74) is 0. The van der Waals surface area contributed by atoms with Crippen molar-refractivity contribution in [3.05, 3.63) is 0 Å². The molecular formula is C2H9Cl2NS. The van der Waals surface area contributed by atoms with E-state index < -0.39 is 0 Å². The van der Waals surface area contributed by atoms with Gasteiger partial charge in [0.2, 0.25) is 0 Å². The van der Waals surface area contributed by atoms with Gasteiger partial charge in [-0.15, -0.1) is 12.4 Å². The molecule has 0 aromatic carbocycles. The summed E-state index contributed by atoms with van der Waals surface area (Å²) in [4.78, 5) is 0. The average molecular weight is 150 g/mol. The molecule has 0 rings (SSSR count). The maximum atomic E-state index is 4.33. The van der Waals surface area contributed by atoms with E-state index in [4.69, 9.17) is 0 Å². The van der Waals surface area contributed by atoms with Gasteiger partial charge in [0.1, 0.15) is 0 Å². The van der Waals surface area contributed by atoms with Gasteiger partial charge in [0, 0.05) is 0 Å². The van der Waals surface area contributed by atoms with E-state index in [1.165, 1.54) is 0 Å². The van der Waals surface area contributed by atoms with E-state index in [-0.39, 0.29) is 12.4 Å². The SMILES string of the molecule is CNC.Cl.SCl. The molecule has 42 valence electrons. The van der Waals surface area contributed by atoms with Gasteiger partial charge in [-0.25, -0.2) is 0 Å². The van der Waals surface area contributed by atoms with E-state index in [0.717, 1.165) is 0 Å². The van der Waals surface area contributed by atoms with Gasteiger partial charge in [0.15, 0.2) is 0 Å². The smallest absolute Gasteiger partial charge is 0.0167 e. The number of hydrogen-bond donors (Lipinski definition) is 2. The normalized spacial score (nSPS) is 4.00. The Balaban J connectivity index is -0.0000000275. The molecule has 0 aromatic rings. The monoisotopic (exact) mass is 149 g/mol. The van der Waals surface area contributed by atoms with Crippen LogP contribution in [0.25, 0.3) is 0 Å². The first kappa shape index (κ1) is 15.8. The van der Waals surface area contributed by atoms with Crippen LogP contribution in [0.15, 0.2) is 0 Å². The highest BCUT2D eigenvalue weighted by Gasteiger charge is 1.25. The van der Waals surface area contributed by atoms with Gasteiger partial charge >= 0.3 is 0 Å². The van der Waals surface area contributed by atoms with E-state index >= 15 is 0 Å². The van der Waals surface area contributed by atoms with Crippen LogP contribution in [0.4, 0.5) is 0 Å².